The van der Waals surface area contributed by atoms with E-state index in [-0.39, 0.29) is 5.75 Å². The predicted octanol–water partition coefficient (Wildman–Crippen LogP) is 4.31. The van der Waals surface area contributed by atoms with E-state index in [1.807, 2.05) is 24.3 Å². The Kier molecular flexibility index (Phi) is 2.83. The van der Waals surface area contributed by atoms with Crippen molar-refractivity contribution in [1.82, 2.24) is 4.98 Å². The van der Waals surface area contributed by atoms with Gasteiger partial charge in [0.15, 0.2) is 17.4 Å². The van der Waals surface area contributed by atoms with Gasteiger partial charge in [-0.3, -0.25) is 4.98 Å². The van der Waals surface area contributed by atoms with E-state index in [1.54, 1.807) is 12.3 Å². The minimum Gasteiger partial charge on any atom is -0.455 e. The highest BCUT2D eigenvalue weighted by Crippen LogP contribution is 2.28. The monoisotopic (exact) mass is 257 g/mol. The molecule has 0 atom stereocenters. The minimum absolute atomic E-state index is 0.233. The number of pyridine rings is 1. The number of halogens is 2. The smallest absolute Gasteiger partial charge is 0.162 e. The Labute approximate surface area is 108 Å². The molecule has 0 saturated heterocycles. The predicted molar refractivity (Wildman–Crippen MR) is 68.2 cm³/mol. The van der Waals surface area contributed by atoms with Crippen molar-refractivity contribution >= 4 is 10.9 Å². The first-order valence-corrected chi connectivity index (χ1v) is 5.71. The van der Waals surface area contributed by atoms with Crippen molar-refractivity contribution in [2.45, 2.75) is 0 Å². The van der Waals surface area contributed by atoms with Gasteiger partial charge in [-0.2, -0.15) is 0 Å². The lowest BCUT2D eigenvalue weighted by Crippen LogP contribution is -1.90. The van der Waals surface area contributed by atoms with Gasteiger partial charge in [-0.05, 0) is 24.3 Å². The largest absolute Gasteiger partial charge is 0.455 e. The van der Waals surface area contributed by atoms with Crippen LogP contribution in [0.3, 0.4) is 0 Å². The lowest BCUT2D eigenvalue weighted by molar-refractivity contribution is 0.464. The van der Waals surface area contributed by atoms with Crippen LogP contribution in [0.15, 0.2) is 54.7 Å². The van der Waals surface area contributed by atoms with Crippen LogP contribution in [0.1, 0.15) is 0 Å². The van der Waals surface area contributed by atoms with Crippen LogP contribution in [0.25, 0.3) is 10.9 Å². The fraction of sp³-hybridized carbons (Fsp3) is 0. The van der Waals surface area contributed by atoms with Crippen LogP contribution in [0.4, 0.5) is 8.78 Å². The highest BCUT2D eigenvalue weighted by molar-refractivity contribution is 5.84. The van der Waals surface area contributed by atoms with Crippen LogP contribution in [0, 0.1) is 11.6 Å². The molecular weight excluding hydrogens is 248 g/mol. The van der Waals surface area contributed by atoms with Crippen molar-refractivity contribution in [2.24, 2.45) is 0 Å². The van der Waals surface area contributed by atoms with Gasteiger partial charge in [0.1, 0.15) is 11.3 Å². The summed E-state index contributed by atoms with van der Waals surface area (Å²) in [6, 6.07) is 12.6. The molecular formula is C15H9F2NO. The number of para-hydroxylation sites is 1. The van der Waals surface area contributed by atoms with Gasteiger partial charge in [0.05, 0.1) is 0 Å². The summed E-state index contributed by atoms with van der Waals surface area (Å²) in [7, 11) is 0. The molecule has 94 valence electrons. The molecule has 0 unspecified atom stereocenters. The molecule has 4 heteroatoms. The maximum atomic E-state index is 13.1. The number of benzene rings is 2. The third-order valence-corrected chi connectivity index (χ3v) is 2.71. The van der Waals surface area contributed by atoms with E-state index >= 15 is 0 Å². The van der Waals surface area contributed by atoms with Crippen LogP contribution in [-0.4, -0.2) is 4.98 Å². The van der Waals surface area contributed by atoms with Crippen molar-refractivity contribution in [3.63, 3.8) is 0 Å². The average molecular weight is 257 g/mol. The molecule has 3 aromatic rings. The summed E-state index contributed by atoms with van der Waals surface area (Å²) in [4.78, 5) is 4.22. The third-order valence-electron chi connectivity index (χ3n) is 2.71. The molecule has 0 spiro atoms. The third kappa shape index (κ3) is 2.25. The van der Waals surface area contributed by atoms with Gasteiger partial charge in [0.25, 0.3) is 0 Å². The van der Waals surface area contributed by atoms with E-state index < -0.39 is 11.6 Å². The molecule has 0 fully saturated rings. The molecule has 0 N–H and O–H groups in total. The molecule has 1 heterocycles. The van der Waals surface area contributed by atoms with Crippen LogP contribution in [0.5, 0.6) is 11.5 Å². The van der Waals surface area contributed by atoms with Crippen LogP contribution in [0.2, 0.25) is 0 Å². The second-order valence-corrected chi connectivity index (χ2v) is 4.01. The zero-order valence-corrected chi connectivity index (χ0v) is 9.81. The van der Waals surface area contributed by atoms with Crippen LogP contribution in [-0.2, 0) is 0 Å². The number of hydrogen-bond acceptors (Lipinski definition) is 2. The van der Waals surface area contributed by atoms with Crippen molar-refractivity contribution in [3.8, 4) is 11.5 Å². The van der Waals surface area contributed by atoms with E-state index in [9.17, 15) is 8.78 Å². The number of nitrogens with zero attached hydrogens (tertiary/aromatic N) is 1. The lowest BCUT2D eigenvalue weighted by atomic mass is 10.2. The van der Waals surface area contributed by atoms with Crippen LogP contribution >= 0.6 is 0 Å². The Morgan fingerprint density at radius 3 is 2.58 bits per heavy atom. The minimum atomic E-state index is -0.939. The number of ether oxygens (including phenoxy) is 1. The topological polar surface area (TPSA) is 22.1 Å². The molecule has 2 aromatic carbocycles. The zero-order valence-electron chi connectivity index (χ0n) is 9.81. The molecule has 2 nitrogen and oxygen atoms in total. The summed E-state index contributed by atoms with van der Waals surface area (Å²) in [6.07, 6.45) is 1.65. The SMILES string of the molecule is Fc1ccc(Oc2cccc3cccnc23)cc1F. The molecule has 1 aromatic heterocycles. The quantitative estimate of drug-likeness (QED) is 0.682. The fourth-order valence-electron chi connectivity index (χ4n) is 1.83. The second-order valence-electron chi connectivity index (χ2n) is 4.01. The second kappa shape index (κ2) is 4.65. The normalized spacial score (nSPS) is 10.6. The van der Waals surface area contributed by atoms with Crippen molar-refractivity contribution in [3.05, 3.63) is 66.4 Å². The Bertz CT molecular complexity index is 738. The molecule has 0 saturated carbocycles. The van der Waals surface area contributed by atoms with Gasteiger partial charge in [0, 0.05) is 17.6 Å². The van der Waals surface area contributed by atoms with Crippen LogP contribution < -0.4 is 4.74 Å². The first kappa shape index (κ1) is 11.6. The van der Waals surface area contributed by atoms with Gasteiger partial charge in [-0.1, -0.05) is 18.2 Å². The summed E-state index contributed by atoms with van der Waals surface area (Å²) in [6.45, 7) is 0. The zero-order chi connectivity index (χ0) is 13.2. The fourth-order valence-corrected chi connectivity index (χ4v) is 1.83. The highest BCUT2D eigenvalue weighted by atomic mass is 19.2. The van der Waals surface area contributed by atoms with Gasteiger partial charge >= 0.3 is 0 Å². The summed E-state index contributed by atoms with van der Waals surface area (Å²) in [5.74, 6) is -1.10. The number of aromatic nitrogens is 1. The molecule has 0 bridgehead atoms. The van der Waals surface area contributed by atoms with Crippen molar-refractivity contribution in [1.29, 1.82) is 0 Å². The molecule has 0 radical (unpaired) electrons. The number of rotatable bonds is 2. The first-order valence-electron chi connectivity index (χ1n) is 5.71. The Morgan fingerprint density at radius 1 is 0.895 bits per heavy atom. The summed E-state index contributed by atoms with van der Waals surface area (Å²) < 4.78 is 31.5. The maximum Gasteiger partial charge on any atom is 0.162 e. The molecule has 0 amide bonds. The summed E-state index contributed by atoms with van der Waals surface area (Å²) in [5, 5.41) is 0.919. The highest BCUT2D eigenvalue weighted by Gasteiger charge is 2.07. The van der Waals surface area contributed by atoms with Gasteiger partial charge in [0.2, 0.25) is 0 Å². The summed E-state index contributed by atoms with van der Waals surface area (Å²) >= 11 is 0. The van der Waals surface area contributed by atoms with E-state index in [4.69, 9.17) is 4.74 Å². The van der Waals surface area contributed by atoms with E-state index in [2.05, 4.69) is 4.98 Å². The Hall–Kier alpha value is -2.49. The van der Waals surface area contributed by atoms with Crippen molar-refractivity contribution < 1.29 is 13.5 Å². The van der Waals surface area contributed by atoms with E-state index in [1.165, 1.54) is 6.07 Å². The lowest BCUT2D eigenvalue weighted by Gasteiger charge is -2.08. The number of hydrogen-bond donors (Lipinski definition) is 0. The average Bonchev–Trinajstić information content (AvgIpc) is 2.43. The first-order chi connectivity index (χ1) is 9.24. The molecule has 19 heavy (non-hydrogen) atoms. The maximum absolute atomic E-state index is 13.1. The van der Waals surface area contributed by atoms with Gasteiger partial charge < -0.3 is 4.74 Å². The molecule has 0 aliphatic heterocycles. The standard InChI is InChI=1S/C15H9F2NO/c16-12-7-6-11(9-13(12)17)19-14-5-1-3-10-4-2-8-18-15(10)14/h1-9H. The Balaban J connectivity index is 2.03. The Morgan fingerprint density at radius 2 is 1.74 bits per heavy atom. The molecule has 0 aliphatic carbocycles. The summed E-state index contributed by atoms with van der Waals surface area (Å²) in [5.41, 5.74) is 0.676. The van der Waals surface area contributed by atoms with Crippen molar-refractivity contribution in [2.75, 3.05) is 0 Å². The molecule has 3 rings (SSSR count). The number of fused-ring (bicyclic) bond motifs is 1. The van der Waals surface area contributed by atoms with E-state index in [0.717, 1.165) is 17.5 Å². The van der Waals surface area contributed by atoms with Gasteiger partial charge in [-0.25, -0.2) is 8.78 Å². The van der Waals surface area contributed by atoms with E-state index in [0.29, 0.717) is 11.3 Å². The van der Waals surface area contributed by atoms with Gasteiger partial charge in [-0.15, -0.1) is 0 Å². The molecule has 0 aliphatic rings.